The third kappa shape index (κ3) is 4.61. The molecule has 0 unspecified atom stereocenters. The maximum absolute atomic E-state index is 10.1. The Morgan fingerprint density at radius 3 is 2.21 bits per heavy atom. The summed E-state index contributed by atoms with van der Waals surface area (Å²) in [4.78, 5) is 20.9. The standard InChI is InChI=1S/C5H7N5O2S.Na/c6-3-8-4(7)10-5(9-3)13-1-2(11)12;/h1H2,(H,11,12)(H4,6,7,8,9,10);/q;+1/p-1. The van der Waals surface area contributed by atoms with Crippen LogP contribution in [0.2, 0.25) is 0 Å². The minimum atomic E-state index is -1.21. The number of rotatable bonds is 3. The van der Waals surface area contributed by atoms with Gasteiger partial charge in [0, 0.05) is 5.75 Å². The van der Waals surface area contributed by atoms with Crippen molar-refractivity contribution in [2.75, 3.05) is 17.2 Å². The molecule has 1 heterocycles. The fraction of sp³-hybridized carbons (Fsp3) is 0.200. The molecule has 0 saturated heterocycles. The fourth-order valence-electron chi connectivity index (χ4n) is 0.576. The first-order valence-electron chi connectivity index (χ1n) is 3.17. The molecule has 1 aromatic heterocycles. The number of carbonyl (C=O) groups is 1. The molecule has 0 atom stereocenters. The predicted molar refractivity (Wildman–Crippen MR) is 44.4 cm³/mol. The summed E-state index contributed by atoms with van der Waals surface area (Å²) in [6.07, 6.45) is 0. The van der Waals surface area contributed by atoms with Crippen LogP contribution in [-0.2, 0) is 4.79 Å². The maximum Gasteiger partial charge on any atom is 1.00 e. The third-order valence-electron chi connectivity index (χ3n) is 0.969. The summed E-state index contributed by atoms with van der Waals surface area (Å²) in [6.45, 7) is 0. The van der Waals surface area contributed by atoms with Gasteiger partial charge in [0.05, 0.1) is 5.97 Å². The smallest absolute Gasteiger partial charge is 0.549 e. The largest absolute Gasteiger partial charge is 1.00 e. The SMILES string of the molecule is Nc1nc(N)nc(SCC(=O)[O-])n1.[Na+]. The first-order chi connectivity index (χ1) is 6.08. The fourth-order valence-corrected chi connectivity index (χ4v) is 1.14. The van der Waals surface area contributed by atoms with Crippen LogP contribution in [0.3, 0.4) is 0 Å². The van der Waals surface area contributed by atoms with Crippen LogP contribution in [0.15, 0.2) is 5.16 Å². The molecule has 0 saturated carbocycles. The van der Waals surface area contributed by atoms with Gasteiger partial charge in [0.2, 0.25) is 11.9 Å². The molecule has 1 aromatic rings. The Hall–Kier alpha value is -0.570. The van der Waals surface area contributed by atoms with Crippen LogP contribution in [-0.4, -0.2) is 26.7 Å². The summed E-state index contributed by atoms with van der Waals surface area (Å²) < 4.78 is 0. The number of anilines is 2. The van der Waals surface area contributed by atoms with Gasteiger partial charge in [0.1, 0.15) is 0 Å². The van der Waals surface area contributed by atoms with Crippen molar-refractivity contribution in [1.82, 2.24) is 15.0 Å². The molecule has 1 rings (SSSR count). The predicted octanol–water partition coefficient (Wildman–Crippen LogP) is -5.12. The third-order valence-corrected chi connectivity index (χ3v) is 1.79. The van der Waals surface area contributed by atoms with Gasteiger partial charge < -0.3 is 21.4 Å². The van der Waals surface area contributed by atoms with Crippen molar-refractivity contribution < 1.29 is 39.5 Å². The number of aliphatic carboxylic acids is 1. The number of hydrogen-bond donors (Lipinski definition) is 2. The Labute approximate surface area is 106 Å². The van der Waals surface area contributed by atoms with Crippen molar-refractivity contribution in [3.63, 3.8) is 0 Å². The van der Waals surface area contributed by atoms with Gasteiger partial charge >= 0.3 is 29.6 Å². The zero-order valence-electron chi connectivity index (χ0n) is 7.43. The average Bonchev–Trinajstić information content (AvgIpc) is 1.99. The Balaban J connectivity index is 0.00000169. The van der Waals surface area contributed by atoms with E-state index in [1.807, 2.05) is 0 Å². The minimum Gasteiger partial charge on any atom is -0.549 e. The van der Waals surface area contributed by atoms with E-state index in [2.05, 4.69) is 15.0 Å². The van der Waals surface area contributed by atoms with E-state index < -0.39 is 5.97 Å². The monoisotopic (exact) mass is 223 g/mol. The van der Waals surface area contributed by atoms with Gasteiger partial charge in [0.25, 0.3) is 0 Å². The van der Waals surface area contributed by atoms with E-state index in [4.69, 9.17) is 11.5 Å². The Morgan fingerprint density at radius 2 is 1.79 bits per heavy atom. The second-order valence-corrected chi connectivity index (χ2v) is 2.94. The summed E-state index contributed by atoms with van der Waals surface area (Å²) in [5.74, 6) is -1.52. The molecule has 0 spiro atoms. The van der Waals surface area contributed by atoms with E-state index >= 15 is 0 Å². The van der Waals surface area contributed by atoms with Gasteiger partial charge in [-0.1, -0.05) is 11.8 Å². The Morgan fingerprint density at radius 1 is 1.29 bits per heavy atom. The molecule has 70 valence electrons. The zero-order chi connectivity index (χ0) is 9.84. The van der Waals surface area contributed by atoms with Gasteiger partial charge in [-0.25, -0.2) is 0 Å². The number of nitrogens with zero attached hydrogens (tertiary/aromatic N) is 3. The molecule has 0 aliphatic heterocycles. The topological polar surface area (TPSA) is 131 Å². The normalized spacial score (nSPS) is 9.14. The first kappa shape index (κ1) is 13.4. The van der Waals surface area contributed by atoms with E-state index in [1.54, 1.807) is 0 Å². The number of carbonyl (C=O) groups excluding carboxylic acids is 1. The molecule has 0 aromatic carbocycles. The van der Waals surface area contributed by atoms with Crippen LogP contribution in [0, 0.1) is 0 Å². The molecule has 0 fully saturated rings. The number of aromatic nitrogens is 3. The van der Waals surface area contributed by atoms with Crippen molar-refractivity contribution in [3.05, 3.63) is 0 Å². The maximum atomic E-state index is 10.1. The van der Waals surface area contributed by atoms with Gasteiger partial charge in [0.15, 0.2) is 5.16 Å². The Kier molecular flexibility index (Phi) is 5.77. The van der Waals surface area contributed by atoms with E-state index in [0.717, 1.165) is 11.8 Å². The molecule has 9 heteroatoms. The van der Waals surface area contributed by atoms with Crippen molar-refractivity contribution >= 4 is 29.6 Å². The van der Waals surface area contributed by atoms with Crippen molar-refractivity contribution in [3.8, 4) is 0 Å². The molecular formula is C5H6N5NaO2S. The number of nitrogens with two attached hydrogens (primary N) is 2. The average molecular weight is 223 g/mol. The van der Waals surface area contributed by atoms with Crippen LogP contribution in [0.4, 0.5) is 11.9 Å². The summed E-state index contributed by atoms with van der Waals surface area (Å²) in [5, 5.41) is 10.3. The molecule has 0 aliphatic carbocycles. The van der Waals surface area contributed by atoms with Gasteiger partial charge in [-0.05, 0) is 0 Å². The quantitative estimate of drug-likeness (QED) is 0.384. The molecular weight excluding hydrogens is 217 g/mol. The van der Waals surface area contributed by atoms with E-state index in [1.165, 1.54) is 0 Å². The number of nitrogen functional groups attached to an aromatic ring is 2. The van der Waals surface area contributed by atoms with Crippen LogP contribution >= 0.6 is 11.8 Å². The first-order valence-corrected chi connectivity index (χ1v) is 4.16. The number of carboxylic acid groups (broad SMARTS) is 1. The molecule has 4 N–H and O–H groups in total. The minimum absolute atomic E-state index is 0. The van der Waals surface area contributed by atoms with Crippen LogP contribution in [0.5, 0.6) is 0 Å². The summed E-state index contributed by atoms with van der Waals surface area (Å²) in [6, 6.07) is 0. The summed E-state index contributed by atoms with van der Waals surface area (Å²) >= 11 is 0.873. The van der Waals surface area contributed by atoms with Gasteiger partial charge in [-0.15, -0.1) is 0 Å². The second-order valence-electron chi connectivity index (χ2n) is 2.00. The van der Waals surface area contributed by atoms with Crippen molar-refractivity contribution in [1.29, 1.82) is 0 Å². The number of carboxylic acids is 1. The van der Waals surface area contributed by atoms with E-state index in [-0.39, 0.29) is 52.4 Å². The van der Waals surface area contributed by atoms with Crippen LogP contribution < -0.4 is 46.1 Å². The Bertz CT molecular complexity index is 316. The summed E-state index contributed by atoms with van der Waals surface area (Å²) in [7, 11) is 0. The van der Waals surface area contributed by atoms with E-state index in [0.29, 0.717) is 0 Å². The van der Waals surface area contributed by atoms with Gasteiger partial charge in [-0.3, -0.25) is 0 Å². The van der Waals surface area contributed by atoms with Crippen LogP contribution in [0.25, 0.3) is 0 Å². The van der Waals surface area contributed by atoms with Crippen molar-refractivity contribution in [2.24, 2.45) is 0 Å². The molecule has 14 heavy (non-hydrogen) atoms. The molecule has 0 bridgehead atoms. The molecule has 0 amide bonds. The zero-order valence-corrected chi connectivity index (χ0v) is 10.2. The molecule has 0 radical (unpaired) electrons. The van der Waals surface area contributed by atoms with E-state index in [9.17, 15) is 9.90 Å². The molecule has 7 nitrogen and oxygen atoms in total. The number of thioether (sulfide) groups is 1. The molecule has 0 aliphatic rings. The van der Waals surface area contributed by atoms with Crippen molar-refractivity contribution in [2.45, 2.75) is 5.16 Å². The van der Waals surface area contributed by atoms with Crippen LogP contribution in [0.1, 0.15) is 0 Å². The van der Waals surface area contributed by atoms with Gasteiger partial charge in [-0.2, -0.15) is 15.0 Å². The number of hydrogen-bond acceptors (Lipinski definition) is 8. The summed E-state index contributed by atoms with van der Waals surface area (Å²) in [5.41, 5.74) is 10.5. The second kappa shape index (κ2) is 6.02.